The number of halogens is 2. The Hall–Kier alpha value is -3.16. The number of hydrogen-bond acceptors (Lipinski definition) is 8. The van der Waals surface area contributed by atoms with Gasteiger partial charge >= 0.3 is 0 Å². The molecule has 0 spiro atoms. The summed E-state index contributed by atoms with van der Waals surface area (Å²) >= 11 is 0. The van der Waals surface area contributed by atoms with Gasteiger partial charge < -0.3 is 24.3 Å². The van der Waals surface area contributed by atoms with Crippen LogP contribution in [0.5, 0.6) is 0 Å². The van der Waals surface area contributed by atoms with Crippen molar-refractivity contribution in [3.8, 4) is 0 Å². The molecule has 1 aliphatic carbocycles. The van der Waals surface area contributed by atoms with Crippen molar-refractivity contribution in [2.45, 2.75) is 70.6 Å². The third kappa shape index (κ3) is 5.93. The van der Waals surface area contributed by atoms with E-state index >= 15 is 0 Å². The molecule has 0 radical (unpaired) electrons. The first kappa shape index (κ1) is 28.0. The molecule has 220 valence electrons. The van der Waals surface area contributed by atoms with E-state index in [2.05, 4.69) is 39.9 Å². The maximum absolute atomic E-state index is 14.8. The number of benzene rings is 1. The topological polar surface area (TPSA) is 94.6 Å². The Morgan fingerprint density at radius 3 is 2.61 bits per heavy atom. The molecule has 4 aromatic rings. The van der Waals surface area contributed by atoms with Crippen LogP contribution < -0.4 is 10.2 Å². The van der Waals surface area contributed by atoms with Gasteiger partial charge in [-0.2, -0.15) is 19.6 Å². The van der Waals surface area contributed by atoms with Crippen LogP contribution in [0.1, 0.15) is 43.0 Å². The van der Waals surface area contributed by atoms with Crippen molar-refractivity contribution in [3.63, 3.8) is 0 Å². The zero-order valence-corrected chi connectivity index (χ0v) is 25.0. The summed E-state index contributed by atoms with van der Waals surface area (Å²) in [5, 5.41) is 8.05. The molecule has 1 saturated carbocycles. The summed E-state index contributed by atoms with van der Waals surface area (Å²) in [5.41, 5.74) is 2.41. The SMILES string of the molecule is C[Si](C)(C)CCOCn1c(CNc2nc(N3CCOCC3)nc3c(C4CCCC4)cnn23)nc2c(F)c(F)ccc21. The first-order valence-electron chi connectivity index (χ1n) is 14.5. The second kappa shape index (κ2) is 11.6. The van der Waals surface area contributed by atoms with Crippen molar-refractivity contribution < 1.29 is 18.3 Å². The molecule has 2 aliphatic rings. The Bertz CT molecular complexity index is 1520. The van der Waals surface area contributed by atoms with Gasteiger partial charge in [-0.3, -0.25) is 0 Å². The molecule has 4 heterocycles. The van der Waals surface area contributed by atoms with Crippen LogP contribution in [0.3, 0.4) is 0 Å². The second-order valence-electron chi connectivity index (χ2n) is 12.2. The number of aromatic nitrogens is 6. The molecule has 13 heteroatoms. The highest BCUT2D eigenvalue weighted by Gasteiger charge is 2.25. The van der Waals surface area contributed by atoms with E-state index in [-0.39, 0.29) is 18.8 Å². The van der Waals surface area contributed by atoms with Crippen LogP contribution in [0.2, 0.25) is 25.7 Å². The summed E-state index contributed by atoms with van der Waals surface area (Å²) in [6, 6.07) is 3.68. The molecule has 1 saturated heterocycles. The second-order valence-corrected chi connectivity index (χ2v) is 17.8. The minimum atomic E-state index is -1.28. The predicted molar refractivity (Wildman–Crippen MR) is 156 cm³/mol. The number of morpholine rings is 1. The number of rotatable bonds is 10. The van der Waals surface area contributed by atoms with E-state index < -0.39 is 19.7 Å². The third-order valence-corrected chi connectivity index (χ3v) is 9.69. The van der Waals surface area contributed by atoms with Crippen LogP contribution in [0, 0.1) is 11.6 Å². The van der Waals surface area contributed by atoms with Gasteiger partial charge in [-0.25, -0.2) is 13.8 Å². The monoisotopic (exact) mass is 584 g/mol. The summed E-state index contributed by atoms with van der Waals surface area (Å²) in [5.74, 6) is 0.204. The fourth-order valence-corrected chi connectivity index (χ4v) is 6.34. The molecule has 2 fully saturated rings. The van der Waals surface area contributed by atoms with Crippen LogP contribution in [0.4, 0.5) is 20.7 Å². The van der Waals surface area contributed by atoms with Crippen molar-refractivity contribution in [2.24, 2.45) is 0 Å². The quantitative estimate of drug-likeness (QED) is 0.202. The molecule has 0 bridgehead atoms. The number of anilines is 2. The average Bonchev–Trinajstić information content (AvgIpc) is 3.71. The zero-order valence-electron chi connectivity index (χ0n) is 24.0. The summed E-state index contributed by atoms with van der Waals surface area (Å²) in [6.07, 6.45) is 6.59. The summed E-state index contributed by atoms with van der Waals surface area (Å²) in [7, 11) is -1.28. The molecule has 0 atom stereocenters. The highest BCUT2D eigenvalue weighted by atomic mass is 28.3. The largest absolute Gasteiger partial charge is 0.378 e. The summed E-state index contributed by atoms with van der Waals surface area (Å²) in [6.45, 7) is 10.5. The van der Waals surface area contributed by atoms with E-state index in [1.54, 1.807) is 15.1 Å². The lowest BCUT2D eigenvalue weighted by Crippen LogP contribution is -2.37. The Kier molecular flexibility index (Phi) is 7.92. The molecule has 41 heavy (non-hydrogen) atoms. The van der Waals surface area contributed by atoms with Crippen LogP contribution in [-0.2, 0) is 22.7 Å². The summed E-state index contributed by atoms with van der Waals surface area (Å²) < 4.78 is 43.9. The van der Waals surface area contributed by atoms with Gasteiger partial charge in [0, 0.05) is 33.3 Å². The third-order valence-electron chi connectivity index (χ3n) is 7.98. The van der Waals surface area contributed by atoms with Gasteiger partial charge in [0.2, 0.25) is 11.9 Å². The normalized spacial score (nSPS) is 16.9. The van der Waals surface area contributed by atoms with Gasteiger partial charge in [-0.05, 0) is 36.9 Å². The molecule has 3 aromatic heterocycles. The first-order valence-corrected chi connectivity index (χ1v) is 18.2. The molecule has 1 N–H and O–H groups in total. The predicted octanol–water partition coefficient (Wildman–Crippen LogP) is 5.17. The van der Waals surface area contributed by atoms with Gasteiger partial charge in [0.1, 0.15) is 18.1 Å². The molecule has 6 rings (SSSR count). The molecule has 1 aliphatic heterocycles. The number of fused-ring (bicyclic) bond motifs is 2. The maximum Gasteiger partial charge on any atom is 0.230 e. The molecular weight excluding hydrogens is 546 g/mol. The Labute approximate surface area is 239 Å². The van der Waals surface area contributed by atoms with Crippen LogP contribution in [0.15, 0.2) is 18.3 Å². The standard InChI is InChI=1S/C28H38F2N8O2Si/c1-41(2,3)15-14-40-18-37-22-9-8-21(29)24(30)25(22)33-23(37)17-31-27-35-28(36-10-12-39-13-11-36)34-26-20(16-32-38(26)27)19-6-4-5-7-19/h8-9,16,19H,4-7,10-15,17-18H2,1-3H3,(H,31,34,35). The number of nitrogens with zero attached hydrogens (tertiary/aromatic N) is 7. The van der Waals surface area contributed by atoms with Gasteiger partial charge in [0.15, 0.2) is 17.3 Å². The van der Waals surface area contributed by atoms with Crippen molar-refractivity contribution in [2.75, 3.05) is 43.1 Å². The molecule has 0 unspecified atom stereocenters. The van der Waals surface area contributed by atoms with E-state index in [4.69, 9.17) is 19.4 Å². The van der Waals surface area contributed by atoms with E-state index in [0.717, 1.165) is 36.2 Å². The number of hydrogen-bond donors (Lipinski definition) is 1. The van der Waals surface area contributed by atoms with Crippen molar-refractivity contribution >= 4 is 36.7 Å². The van der Waals surface area contributed by atoms with Crippen LogP contribution in [0.25, 0.3) is 16.7 Å². The lowest BCUT2D eigenvalue weighted by Gasteiger charge is -2.27. The average molecular weight is 585 g/mol. The Morgan fingerprint density at radius 1 is 1.07 bits per heavy atom. The van der Waals surface area contributed by atoms with Crippen molar-refractivity contribution in [3.05, 3.63) is 41.4 Å². The lowest BCUT2D eigenvalue weighted by atomic mass is 10.0. The van der Waals surface area contributed by atoms with Crippen LogP contribution in [-0.4, -0.2) is 70.1 Å². The minimum Gasteiger partial charge on any atom is -0.378 e. The van der Waals surface area contributed by atoms with Gasteiger partial charge in [0.25, 0.3) is 0 Å². The lowest BCUT2D eigenvalue weighted by molar-refractivity contribution is 0.0880. The maximum atomic E-state index is 14.8. The van der Waals surface area contributed by atoms with E-state index in [0.29, 0.717) is 62.1 Å². The smallest absolute Gasteiger partial charge is 0.230 e. The number of nitrogens with one attached hydrogen (secondary N) is 1. The summed E-state index contributed by atoms with van der Waals surface area (Å²) in [4.78, 5) is 16.4. The number of imidazole rings is 1. The van der Waals surface area contributed by atoms with Crippen LogP contribution >= 0.6 is 0 Å². The minimum absolute atomic E-state index is 0.0138. The Balaban J connectivity index is 1.33. The van der Waals surface area contributed by atoms with Crippen molar-refractivity contribution in [1.82, 2.24) is 29.1 Å². The Morgan fingerprint density at radius 2 is 1.85 bits per heavy atom. The fourth-order valence-electron chi connectivity index (χ4n) is 5.58. The molecule has 1 aromatic carbocycles. The van der Waals surface area contributed by atoms with Crippen molar-refractivity contribution in [1.29, 1.82) is 0 Å². The molecule has 10 nitrogen and oxygen atoms in total. The first-order chi connectivity index (χ1) is 19.8. The van der Waals surface area contributed by atoms with Gasteiger partial charge in [-0.1, -0.05) is 32.5 Å². The highest BCUT2D eigenvalue weighted by molar-refractivity contribution is 6.76. The van der Waals surface area contributed by atoms with Gasteiger partial charge in [-0.15, -0.1) is 0 Å². The number of ether oxygens (including phenoxy) is 2. The van der Waals surface area contributed by atoms with E-state index in [1.807, 2.05) is 6.20 Å². The van der Waals surface area contributed by atoms with E-state index in [9.17, 15) is 8.78 Å². The van der Waals surface area contributed by atoms with E-state index in [1.165, 1.54) is 12.8 Å². The molecular formula is C28H38F2N8O2Si. The highest BCUT2D eigenvalue weighted by Crippen LogP contribution is 2.36. The fraction of sp³-hybridized carbons (Fsp3) is 0.571. The zero-order chi connectivity index (χ0) is 28.6. The van der Waals surface area contributed by atoms with Gasteiger partial charge in [0.05, 0.1) is 31.5 Å². The molecule has 0 amide bonds.